The predicted molar refractivity (Wildman–Crippen MR) is 96.2 cm³/mol. The van der Waals surface area contributed by atoms with Crippen LogP contribution in [0.5, 0.6) is 0 Å². The second-order valence-electron chi connectivity index (χ2n) is 7.21. The maximum Gasteiger partial charge on any atom is 0.307 e. The van der Waals surface area contributed by atoms with Crippen LogP contribution in [-0.2, 0) is 25.7 Å². The van der Waals surface area contributed by atoms with E-state index in [1.807, 2.05) is 30.3 Å². The summed E-state index contributed by atoms with van der Waals surface area (Å²) < 4.78 is 10.8. The number of ether oxygens (including phenoxy) is 2. The molecule has 5 heteroatoms. The third-order valence-electron chi connectivity index (χ3n) is 3.64. The topological polar surface area (TPSA) is 72.8 Å². The normalized spacial score (nSPS) is 12.6. The summed E-state index contributed by atoms with van der Waals surface area (Å²) in [6.07, 6.45) is 2.93. The average molecular weight is 350 g/mol. The molecule has 1 aromatic carbocycles. The molecule has 1 aromatic rings. The van der Waals surface area contributed by atoms with E-state index in [1.165, 1.54) is 0 Å². The molecule has 1 atom stereocenters. The van der Waals surface area contributed by atoms with Crippen molar-refractivity contribution in [1.29, 1.82) is 0 Å². The molecule has 0 radical (unpaired) electrons. The molecule has 0 aromatic heterocycles. The van der Waals surface area contributed by atoms with Gasteiger partial charge in [0, 0.05) is 6.61 Å². The Kier molecular flexibility index (Phi) is 9.21. The van der Waals surface area contributed by atoms with E-state index in [2.05, 4.69) is 0 Å². The van der Waals surface area contributed by atoms with Crippen molar-refractivity contribution < 1.29 is 24.2 Å². The number of carbonyl (C=O) groups excluding carboxylic acids is 1. The van der Waals surface area contributed by atoms with E-state index < -0.39 is 23.5 Å². The fraction of sp³-hybridized carbons (Fsp3) is 0.600. The van der Waals surface area contributed by atoms with Gasteiger partial charge in [-0.15, -0.1) is 0 Å². The third kappa shape index (κ3) is 10.6. The molecule has 0 aliphatic rings. The molecule has 0 aliphatic carbocycles. The summed E-state index contributed by atoms with van der Waals surface area (Å²) in [5, 5.41) is 9.25. The highest BCUT2D eigenvalue weighted by Crippen LogP contribution is 2.18. The van der Waals surface area contributed by atoms with Crippen molar-refractivity contribution >= 4 is 11.9 Å². The zero-order valence-electron chi connectivity index (χ0n) is 15.5. The van der Waals surface area contributed by atoms with E-state index in [4.69, 9.17) is 9.47 Å². The van der Waals surface area contributed by atoms with Gasteiger partial charge >= 0.3 is 11.9 Å². The fourth-order valence-corrected chi connectivity index (χ4v) is 2.43. The zero-order chi connectivity index (χ0) is 18.7. The van der Waals surface area contributed by atoms with Gasteiger partial charge in [-0.2, -0.15) is 0 Å². The van der Waals surface area contributed by atoms with Crippen LogP contribution in [0.15, 0.2) is 30.3 Å². The molecule has 5 nitrogen and oxygen atoms in total. The molecule has 0 saturated heterocycles. The van der Waals surface area contributed by atoms with Gasteiger partial charge in [-0.25, -0.2) is 0 Å². The second-order valence-corrected chi connectivity index (χ2v) is 7.21. The fourth-order valence-electron chi connectivity index (χ4n) is 2.43. The van der Waals surface area contributed by atoms with E-state index in [0.717, 1.165) is 24.8 Å². The molecule has 0 amide bonds. The quantitative estimate of drug-likeness (QED) is 0.478. The molecule has 0 heterocycles. The second kappa shape index (κ2) is 10.9. The highest BCUT2D eigenvalue weighted by molar-refractivity contribution is 5.78. The minimum atomic E-state index is -0.939. The van der Waals surface area contributed by atoms with Gasteiger partial charge in [0.1, 0.15) is 5.60 Å². The number of carbonyl (C=O) groups is 2. The summed E-state index contributed by atoms with van der Waals surface area (Å²) in [6, 6.07) is 9.98. The van der Waals surface area contributed by atoms with E-state index in [0.29, 0.717) is 19.6 Å². The van der Waals surface area contributed by atoms with Crippen molar-refractivity contribution in [2.45, 2.75) is 65.1 Å². The molecule has 0 spiro atoms. The maximum atomic E-state index is 11.8. The standard InChI is InChI=1S/C20H30O5/c1-20(2,3)25-18(21)14-17(19(22)23)12-8-5-9-13-24-15-16-10-6-4-7-11-16/h4,6-7,10-11,17H,5,8-9,12-15H2,1-3H3,(H,22,23)/t17-/m0/s1. The minimum absolute atomic E-state index is 0.0723. The summed E-state index contributed by atoms with van der Waals surface area (Å²) in [5.74, 6) is -2.07. The van der Waals surface area contributed by atoms with E-state index in [1.54, 1.807) is 20.8 Å². The minimum Gasteiger partial charge on any atom is -0.481 e. The van der Waals surface area contributed by atoms with Crippen LogP contribution < -0.4 is 0 Å². The Morgan fingerprint density at radius 1 is 1.08 bits per heavy atom. The Balaban J connectivity index is 2.16. The average Bonchev–Trinajstić information content (AvgIpc) is 2.52. The van der Waals surface area contributed by atoms with Crippen LogP contribution >= 0.6 is 0 Å². The summed E-state index contributed by atoms with van der Waals surface area (Å²) in [6.45, 7) is 6.57. The molecule has 140 valence electrons. The number of rotatable bonds is 11. The molecular formula is C20H30O5. The van der Waals surface area contributed by atoms with Gasteiger partial charge in [0.2, 0.25) is 0 Å². The monoisotopic (exact) mass is 350 g/mol. The molecule has 0 bridgehead atoms. The van der Waals surface area contributed by atoms with Gasteiger partial charge in [-0.3, -0.25) is 9.59 Å². The number of benzene rings is 1. The lowest BCUT2D eigenvalue weighted by Gasteiger charge is -2.21. The number of esters is 1. The SMILES string of the molecule is CC(C)(C)OC(=O)C[C@H](CCCCCOCc1ccccc1)C(=O)O. The van der Waals surface area contributed by atoms with Crippen molar-refractivity contribution in [3.05, 3.63) is 35.9 Å². The molecule has 0 fully saturated rings. The number of carboxylic acids is 1. The first-order valence-electron chi connectivity index (χ1n) is 8.84. The number of hydrogen-bond acceptors (Lipinski definition) is 4. The van der Waals surface area contributed by atoms with Gasteiger partial charge in [0.05, 0.1) is 18.9 Å². The van der Waals surface area contributed by atoms with Crippen LogP contribution in [0, 0.1) is 5.92 Å². The number of aliphatic carboxylic acids is 1. The van der Waals surface area contributed by atoms with Gasteiger partial charge in [0.25, 0.3) is 0 Å². The van der Waals surface area contributed by atoms with Crippen LogP contribution in [0.25, 0.3) is 0 Å². The summed E-state index contributed by atoms with van der Waals surface area (Å²) >= 11 is 0. The number of unbranched alkanes of at least 4 members (excludes halogenated alkanes) is 2. The van der Waals surface area contributed by atoms with Crippen LogP contribution in [0.2, 0.25) is 0 Å². The largest absolute Gasteiger partial charge is 0.481 e. The molecule has 0 unspecified atom stereocenters. The van der Waals surface area contributed by atoms with Gasteiger partial charge in [-0.1, -0.05) is 43.2 Å². The smallest absolute Gasteiger partial charge is 0.307 e. The zero-order valence-corrected chi connectivity index (χ0v) is 15.5. The maximum absolute atomic E-state index is 11.8. The van der Waals surface area contributed by atoms with Gasteiger partial charge in [0.15, 0.2) is 0 Å². The molecule has 0 saturated carbocycles. The van der Waals surface area contributed by atoms with Crippen molar-refractivity contribution in [2.24, 2.45) is 5.92 Å². The Hall–Kier alpha value is -1.88. The van der Waals surface area contributed by atoms with E-state index in [9.17, 15) is 14.7 Å². The third-order valence-corrected chi connectivity index (χ3v) is 3.64. The Morgan fingerprint density at radius 3 is 2.36 bits per heavy atom. The van der Waals surface area contributed by atoms with Gasteiger partial charge in [-0.05, 0) is 39.2 Å². The van der Waals surface area contributed by atoms with Crippen LogP contribution in [0.3, 0.4) is 0 Å². The lowest BCUT2D eigenvalue weighted by atomic mass is 9.98. The molecule has 1 N–H and O–H groups in total. The summed E-state index contributed by atoms with van der Waals surface area (Å²) in [7, 11) is 0. The first-order chi connectivity index (χ1) is 11.8. The lowest BCUT2D eigenvalue weighted by Crippen LogP contribution is -2.27. The first-order valence-corrected chi connectivity index (χ1v) is 8.84. The van der Waals surface area contributed by atoms with E-state index in [-0.39, 0.29) is 6.42 Å². The van der Waals surface area contributed by atoms with Crippen LogP contribution in [-0.4, -0.2) is 29.3 Å². The summed E-state index contributed by atoms with van der Waals surface area (Å²) in [5.41, 5.74) is 0.557. The molecule has 0 aliphatic heterocycles. The Bertz CT molecular complexity index is 519. The molecule has 1 rings (SSSR count). The summed E-state index contributed by atoms with van der Waals surface area (Å²) in [4.78, 5) is 23.1. The van der Waals surface area contributed by atoms with E-state index >= 15 is 0 Å². The van der Waals surface area contributed by atoms with Crippen molar-refractivity contribution in [1.82, 2.24) is 0 Å². The van der Waals surface area contributed by atoms with Crippen LogP contribution in [0.4, 0.5) is 0 Å². The number of carboxylic acid groups (broad SMARTS) is 1. The number of hydrogen-bond donors (Lipinski definition) is 1. The highest BCUT2D eigenvalue weighted by atomic mass is 16.6. The molecule has 25 heavy (non-hydrogen) atoms. The van der Waals surface area contributed by atoms with Crippen molar-refractivity contribution in [2.75, 3.05) is 6.61 Å². The Morgan fingerprint density at radius 2 is 1.76 bits per heavy atom. The van der Waals surface area contributed by atoms with Crippen molar-refractivity contribution in [3.8, 4) is 0 Å². The first kappa shape index (κ1) is 21.2. The Labute approximate surface area is 150 Å². The van der Waals surface area contributed by atoms with Crippen LogP contribution in [0.1, 0.15) is 58.4 Å². The van der Waals surface area contributed by atoms with Gasteiger partial charge < -0.3 is 14.6 Å². The molecular weight excluding hydrogens is 320 g/mol. The predicted octanol–water partition coefficient (Wildman–Crippen LogP) is 4.20. The lowest BCUT2D eigenvalue weighted by molar-refractivity contribution is -0.160. The highest BCUT2D eigenvalue weighted by Gasteiger charge is 2.24. The van der Waals surface area contributed by atoms with Crippen molar-refractivity contribution in [3.63, 3.8) is 0 Å².